The smallest absolute Gasteiger partial charge is 0.475 e. The van der Waals surface area contributed by atoms with Crippen LogP contribution in [0.5, 0.6) is 0 Å². The first-order chi connectivity index (χ1) is 8.64. The van der Waals surface area contributed by atoms with Gasteiger partial charge in [-0.15, -0.1) is 0 Å². The molecule has 5 N–H and O–H groups in total. The Morgan fingerprint density at radius 3 is 1.95 bits per heavy atom. The van der Waals surface area contributed by atoms with Crippen LogP contribution in [-0.2, 0) is 16.0 Å². The van der Waals surface area contributed by atoms with Gasteiger partial charge in [-0.3, -0.25) is 4.79 Å². The van der Waals surface area contributed by atoms with E-state index in [2.05, 4.69) is 0 Å². The number of halogens is 3. The highest BCUT2D eigenvalue weighted by Gasteiger charge is 2.38. The molecule has 1 unspecified atom stereocenters. The number of amides is 1. The molecule has 5 nitrogen and oxygen atoms in total. The molecule has 1 aromatic rings. The minimum Gasteiger partial charge on any atom is -0.475 e. The van der Waals surface area contributed by atoms with E-state index in [9.17, 15) is 18.0 Å². The molecule has 1 amide bonds. The number of rotatable bonds is 3. The molecule has 1 aromatic carbocycles. The van der Waals surface area contributed by atoms with Crippen molar-refractivity contribution in [3.8, 4) is 0 Å². The van der Waals surface area contributed by atoms with Crippen molar-refractivity contribution in [2.24, 2.45) is 11.5 Å². The van der Waals surface area contributed by atoms with Crippen LogP contribution in [0.3, 0.4) is 0 Å². The average Bonchev–Trinajstić information content (AvgIpc) is 2.29. The summed E-state index contributed by atoms with van der Waals surface area (Å²) in [6, 6.07) is 8.99. The number of carbonyl (C=O) groups excluding carboxylic acids is 1. The van der Waals surface area contributed by atoms with Crippen LogP contribution in [0.25, 0.3) is 0 Å². The maximum Gasteiger partial charge on any atom is 0.490 e. The Bertz CT molecular complexity index is 421. The van der Waals surface area contributed by atoms with Crippen molar-refractivity contribution in [2.75, 3.05) is 0 Å². The second kappa shape index (κ2) is 7.37. The van der Waals surface area contributed by atoms with Crippen molar-refractivity contribution in [1.29, 1.82) is 0 Å². The maximum atomic E-state index is 10.6. The third kappa shape index (κ3) is 7.77. The van der Waals surface area contributed by atoms with Crippen molar-refractivity contribution in [2.45, 2.75) is 18.6 Å². The largest absolute Gasteiger partial charge is 0.490 e. The topological polar surface area (TPSA) is 106 Å². The fourth-order valence-electron chi connectivity index (χ4n) is 0.969. The highest BCUT2D eigenvalue weighted by Crippen LogP contribution is 2.13. The van der Waals surface area contributed by atoms with Gasteiger partial charge in [-0.25, -0.2) is 4.79 Å². The Hall–Kier alpha value is -2.09. The van der Waals surface area contributed by atoms with E-state index >= 15 is 0 Å². The average molecular weight is 278 g/mol. The Kier molecular flexibility index (Phi) is 6.56. The summed E-state index contributed by atoms with van der Waals surface area (Å²) in [5, 5.41) is 7.12. The lowest BCUT2D eigenvalue weighted by atomic mass is 10.1. The summed E-state index contributed by atoms with van der Waals surface area (Å²) in [6.07, 6.45) is -4.57. The molecule has 0 saturated heterocycles. The Morgan fingerprint density at radius 2 is 1.63 bits per heavy atom. The molecule has 0 radical (unpaired) electrons. The van der Waals surface area contributed by atoms with Gasteiger partial charge in [0.25, 0.3) is 0 Å². The Labute approximate surface area is 107 Å². The van der Waals surface area contributed by atoms with Gasteiger partial charge in [0.1, 0.15) is 0 Å². The van der Waals surface area contributed by atoms with E-state index in [-0.39, 0.29) is 0 Å². The first-order valence-electron chi connectivity index (χ1n) is 5.03. The first-order valence-corrected chi connectivity index (χ1v) is 5.03. The molecule has 0 aromatic heterocycles. The van der Waals surface area contributed by atoms with Crippen LogP contribution < -0.4 is 11.5 Å². The predicted octanol–water partition coefficient (Wildman–Crippen LogP) is 0.675. The monoisotopic (exact) mass is 278 g/mol. The lowest BCUT2D eigenvalue weighted by Crippen LogP contribution is -2.38. The van der Waals surface area contributed by atoms with Gasteiger partial charge in [0.05, 0.1) is 6.04 Å². The molecule has 0 fully saturated rings. The fraction of sp³-hybridized carbons (Fsp3) is 0.273. The quantitative estimate of drug-likeness (QED) is 0.755. The van der Waals surface area contributed by atoms with Gasteiger partial charge in [0, 0.05) is 0 Å². The SMILES string of the molecule is NC(=O)C(N)Cc1ccccc1.O=C(O)C(F)(F)F. The molecule has 0 spiro atoms. The van der Waals surface area contributed by atoms with Crippen molar-refractivity contribution in [1.82, 2.24) is 0 Å². The summed E-state index contributed by atoms with van der Waals surface area (Å²) < 4.78 is 31.7. The van der Waals surface area contributed by atoms with E-state index in [1.54, 1.807) is 0 Å². The van der Waals surface area contributed by atoms with Crippen molar-refractivity contribution in [3.05, 3.63) is 35.9 Å². The van der Waals surface area contributed by atoms with Gasteiger partial charge in [-0.05, 0) is 12.0 Å². The molecule has 1 atom stereocenters. The summed E-state index contributed by atoms with van der Waals surface area (Å²) in [5.41, 5.74) is 11.5. The van der Waals surface area contributed by atoms with Crippen LogP contribution in [0.2, 0.25) is 0 Å². The molecule has 8 heteroatoms. The molecule has 0 bridgehead atoms. The van der Waals surface area contributed by atoms with Crippen LogP contribution in [0, 0.1) is 0 Å². The number of nitrogens with two attached hydrogens (primary N) is 2. The number of hydrogen-bond acceptors (Lipinski definition) is 3. The molecule has 1 rings (SSSR count). The van der Waals surface area contributed by atoms with Gasteiger partial charge in [-0.1, -0.05) is 30.3 Å². The molecular weight excluding hydrogens is 265 g/mol. The zero-order valence-corrected chi connectivity index (χ0v) is 9.72. The highest BCUT2D eigenvalue weighted by atomic mass is 19.4. The molecule has 106 valence electrons. The van der Waals surface area contributed by atoms with Crippen molar-refractivity contribution in [3.63, 3.8) is 0 Å². The fourth-order valence-corrected chi connectivity index (χ4v) is 0.969. The number of benzene rings is 1. The number of hydrogen-bond donors (Lipinski definition) is 3. The lowest BCUT2D eigenvalue weighted by Gasteiger charge is -2.06. The Morgan fingerprint density at radius 1 is 1.21 bits per heavy atom. The highest BCUT2D eigenvalue weighted by molar-refractivity contribution is 5.79. The van der Waals surface area contributed by atoms with E-state index in [1.165, 1.54) is 0 Å². The summed E-state index contributed by atoms with van der Waals surface area (Å²) >= 11 is 0. The van der Waals surface area contributed by atoms with E-state index in [0.29, 0.717) is 6.42 Å². The number of primary amides is 1. The third-order valence-corrected chi connectivity index (χ3v) is 1.91. The molecule has 0 heterocycles. The number of alkyl halides is 3. The second-order valence-electron chi connectivity index (χ2n) is 3.50. The second-order valence-corrected chi connectivity index (χ2v) is 3.50. The Balaban J connectivity index is 0.000000399. The first kappa shape index (κ1) is 16.9. The van der Waals surface area contributed by atoms with E-state index < -0.39 is 24.1 Å². The molecule has 0 saturated carbocycles. The minimum absolute atomic E-state index is 0.459. The molecule has 0 aliphatic rings. The van der Waals surface area contributed by atoms with Crippen molar-refractivity contribution >= 4 is 11.9 Å². The summed E-state index contributed by atoms with van der Waals surface area (Å²) in [5.74, 6) is -3.22. The van der Waals surface area contributed by atoms with Gasteiger partial charge in [0.2, 0.25) is 5.91 Å². The molecule has 0 aliphatic carbocycles. The number of carboxylic acid groups (broad SMARTS) is 1. The lowest BCUT2D eigenvalue weighted by molar-refractivity contribution is -0.192. The van der Waals surface area contributed by atoms with Crippen LogP contribution in [-0.4, -0.2) is 29.2 Å². The van der Waals surface area contributed by atoms with Crippen LogP contribution >= 0.6 is 0 Å². The maximum absolute atomic E-state index is 10.6. The summed E-state index contributed by atoms with van der Waals surface area (Å²) in [6.45, 7) is 0. The number of aliphatic carboxylic acids is 1. The predicted molar refractivity (Wildman–Crippen MR) is 61.0 cm³/mol. The van der Waals surface area contributed by atoms with Crippen molar-refractivity contribution < 1.29 is 27.9 Å². The van der Waals surface area contributed by atoms with Gasteiger partial charge in [-0.2, -0.15) is 13.2 Å². The van der Waals surface area contributed by atoms with E-state index in [1.807, 2.05) is 30.3 Å². The molecular formula is C11H13F3N2O3. The molecule has 19 heavy (non-hydrogen) atoms. The molecule has 0 aliphatic heterocycles. The van der Waals surface area contributed by atoms with E-state index in [0.717, 1.165) is 5.56 Å². The standard InChI is InChI=1S/C9H12N2O.C2HF3O2/c10-8(9(11)12)6-7-4-2-1-3-5-7;3-2(4,5)1(6)7/h1-5,8H,6,10H2,(H2,11,12);(H,6,7). The van der Waals surface area contributed by atoms with E-state index in [4.69, 9.17) is 21.4 Å². The normalized spacial score (nSPS) is 12.0. The summed E-state index contributed by atoms with van der Waals surface area (Å²) in [4.78, 5) is 19.5. The third-order valence-electron chi connectivity index (χ3n) is 1.91. The van der Waals surface area contributed by atoms with Crippen LogP contribution in [0.15, 0.2) is 30.3 Å². The number of carboxylic acids is 1. The zero-order chi connectivity index (χ0) is 15.1. The zero-order valence-electron chi connectivity index (χ0n) is 9.72. The van der Waals surface area contributed by atoms with Crippen LogP contribution in [0.4, 0.5) is 13.2 Å². The van der Waals surface area contributed by atoms with Crippen LogP contribution in [0.1, 0.15) is 5.56 Å². The summed E-state index contributed by atoms with van der Waals surface area (Å²) in [7, 11) is 0. The number of carbonyl (C=O) groups is 2. The minimum atomic E-state index is -5.08. The van der Waals surface area contributed by atoms with Gasteiger partial charge >= 0.3 is 12.1 Å². The van der Waals surface area contributed by atoms with Gasteiger partial charge < -0.3 is 16.6 Å². The van der Waals surface area contributed by atoms with Gasteiger partial charge in [0.15, 0.2) is 0 Å².